The molecule has 3 unspecified atom stereocenters. The fourth-order valence-corrected chi connectivity index (χ4v) is 11.1. The van der Waals surface area contributed by atoms with Gasteiger partial charge in [-0.25, -0.2) is 13.3 Å². The van der Waals surface area contributed by atoms with Gasteiger partial charge in [0.2, 0.25) is 13.6 Å². The minimum atomic E-state index is -4.30. The van der Waals surface area contributed by atoms with E-state index < -0.39 is 73.7 Å². The molecule has 4 atom stereocenters. The number of aromatic nitrogens is 3. The summed E-state index contributed by atoms with van der Waals surface area (Å²) in [4.78, 5) is 43.3. The molecule has 4 aromatic rings. The summed E-state index contributed by atoms with van der Waals surface area (Å²) in [5, 5.41) is 12.1. The Morgan fingerprint density at radius 2 is 1.67 bits per heavy atom. The second-order valence-corrected chi connectivity index (χ2v) is 20.8. The van der Waals surface area contributed by atoms with E-state index in [1.54, 1.807) is 70.5 Å². The van der Waals surface area contributed by atoms with Crippen molar-refractivity contribution < 1.29 is 51.3 Å². The SMILES string of the molecule is C#Cc1cccc2cc(O)cc(-c3ncc4c(N5CC6CCC(C5)N6P(=O)(OCOC(=O)C(C)(C)C)OCOC(=O)C(C)(C)C)nc(OC[C@@]56CCCN5CC(F)C6)nc4c3F)c12. The third kappa shape index (κ3) is 8.68. The summed E-state index contributed by atoms with van der Waals surface area (Å²) in [5.74, 6) is 0.894. The maximum atomic E-state index is 17.3. The molecule has 8 rings (SSSR count). The summed E-state index contributed by atoms with van der Waals surface area (Å²) in [7, 11) is -4.30. The summed E-state index contributed by atoms with van der Waals surface area (Å²) in [5.41, 5.74) is -1.70. The molecular formula is C45H53F2N6O9P. The first-order valence-electron chi connectivity index (χ1n) is 21.2. The number of rotatable bonds is 12. The van der Waals surface area contributed by atoms with Crippen molar-refractivity contribution in [2.75, 3.05) is 51.3 Å². The third-order valence-electron chi connectivity index (χ3n) is 12.3. The molecule has 4 fully saturated rings. The number of piperazine rings is 1. The fraction of sp³-hybridized carbons (Fsp3) is 0.533. The topological polar surface area (TPSA) is 166 Å². The van der Waals surface area contributed by atoms with E-state index in [0.717, 1.165) is 19.4 Å². The number of esters is 2. The minimum Gasteiger partial charge on any atom is -0.508 e. The van der Waals surface area contributed by atoms with Crippen LogP contribution in [-0.4, -0.2) is 112 Å². The van der Waals surface area contributed by atoms with Gasteiger partial charge in [0.25, 0.3) is 0 Å². The van der Waals surface area contributed by atoms with Crippen LogP contribution in [0.4, 0.5) is 14.6 Å². The Morgan fingerprint density at radius 3 is 2.30 bits per heavy atom. The lowest BCUT2D eigenvalue weighted by atomic mass is 9.95. The standard InChI is InChI=1S/C45H53F2N6O9P/c1-8-27-11-9-12-28-17-32(54)18-33(35(27)28)37-36(47)38-34(20-48-37)39(50-42(49-38)58-24-45-15-10-16-52(45)21-29(46)19-45)51-22-30-13-14-31(23-51)53(30)63(57,61-25-59-40(55)43(2,3)4)62-26-60-41(56)44(5,6)7/h1,9,11-12,17-18,20,29-31,54H,10,13-16,19,21-26H2,2-7H3/t29?,30?,31?,45-/m0/s1. The largest absolute Gasteiger partial charge is 0.508 e. The van der Waals surface area contributed by atoms with Gasteiger partial charge in [-0.3, -0.25) is 28.5 Å². The first-order valence-corrected chi connectivity index (χ1v) is 22.7. The lowest BCUT2D eigenvalue weighted by molar-refractivity contribution is -0.162. The quantitative estimate of drug-likeness (QED) is 0.0642. The number of aromatic hydroxyl groups is 1. The van der Waals surface area contributed by atoms with Gasteiger partial charge in [0.1, 0.15) is 35.6 Å². The number of ether oxygens (including phenoxy) is 3. The Hall–Kier alpha value is -4.98. The number of phenols is 1. The van der Waals surface area contributed by atoms with Crippen molar-refractivity contribution in [3.63, 3.8) is 0 Å². The number of halogens is 2. The van der Waals surface area contributed by atoms with Gasteiger partial charge in [0.05, 0.1) is 21.8 Å². The molecule has 0 radical (unpaired) electrons. The maximum absolute atomic E-state index is 17.3. The van der Waals surface area contributed by atoms with Crippen molar-refractivity contribution in [1.82, 2.24) is 24.5 Å². The Morgan fingerprint density at radius 1 is 1.00 bits per heavy atom. The number of carbonyl (C=O) groups is 2. The maximum Gasteiger partial charge on any atom is 0.414 e. The van der Waals surface area contributed by atoms with Gasteiger partial charge in [-0.1, -0.05) is 18.1 Å². The summed E-state index contributed by atoms with van der Waals surface area (Å²) >= 11 is 0. The van der Waals surface area contributed by atoms with Gasteiger partial charge < -0.3 is 24.2 Å². The van der Waals surface area contributed by atoms with E-state index in [0.29, 0.717) is 48.0 Å². The summed E-state index contributed by atoms with van der Waals surface area (Å²) in [6.07, 6.45) is 9.39. The Balaban J connectivity index is 1.15. The number of fused-ring (bicyclic) bond motifs is 5. The number of carbonyl (C=O) groups excluding carboxylic acids is 2. The van der Waals surface area contributed by atoms with Gasteiger partial charge in [0.15, 0.2) is 5.82 Å². The number of hydrogen-bond donors (Lipinski definition) is 1. The third-order valence-corrected chi connectivity index (χ3v) is 14.4. The van der Waals surface area contributed by atoms with Crippen LogP contribution in [0.5, 0.6) is 11.8 Å². The molecule has 2 bridgehead atoms. The number of phenolic OH excluding ortho intramolecular Hbond substituents is 1. The van der Waals surface area contributed by atoms with Gasteiger partial charge >= 0.3 is 25.7 Å². The van der Waals surface area contributed by atoms with Crippen LogP contribution in [0.3, 0.4) is 0 Å². The number of anilines is 1. The highest BCUT2D eigenvalue weighted by Gasteiger charge is 2.52. The first-order chi connectivity index (χ1) is 29.8. The molecule has 6 heterocycles. The van der Waals surface area contributed by atoms with Gasteiger partial charge in [0, 0.05) is 60.8 Å². The van der Waals surface area contributed by atoms with Crippen molar-refractivity contribution in [2.24, 2.45) is 10.8 Å². The zero-order valence-electron chi connectivity index (χ0n) is 36.4. The molecular weight excluding hydrogens is 837 g/mol. The van der Waals surface area contributed by atoms with E-state index in [1.807, 2.05) is 4.90 Å². The normalized spacial score (nSPS) is 23.0. The first kappa shape index (κ1) is 44.6. The molecule has 63 heavy (non-hydrogen) atoms. The lowest BCUT2D eigenvalue weighted by Gasteiger charge is -2.43. The molecule has 2 aromatic heterocycles. The molecule has 0 saturated carbocycles. The van der Waals surface area contributed by atoms with E-state index >= 15 is 4.39 Å². The number of hydrogen-bond acceptors (Lipinski definition) is 14. The molecule has 0 aliphatic carbocycles. The molecule has 4 saturated heterocycles. The average Bonchev–Trinajstić information content (AvgIpc) is 3.85. The number of pyridine rings is 1. The predicted molar refractivity (Wildman–Crippen MR) is 230 cm³/mol. The van der Waals surface area contributed by atoms with Crippen molar-refractivity contribution >= 4 is 47.2 Å². The van der Waals surface area contributed by atoms with E-state index in [1.165, 1.54) is 12.3 Å². The number of nitrogens with zero attached hydrogens (tertiary/aromatic N) is 6. The van der Waals surface area contributed by atoms with Crippen LogP contribution in [0.1, 0.15) is 79.2 Å². The highest BCUT2D eigenvalue weighted by molar-refractivity contribution is 7.51. The van der Waals surface area contributed by atoms with Crippen LogP contribution in [0, 0.1) is 29.0 Å². The molecule has 4 aliphatic heterocycles. The molecule has 0 amide bonds. The van der Waals surface area contributed by atoms with Crippen LogP contribution in [0.15, 0.2) is 36.5 Å². The summed E-state index contributed by atoms with van der Waals surface area (Å²) < 4.78 is 77.1. The van der Waals surface area contributed by atoms with Crippen LogP contribution in [0.25, 0.3) is 32.9 Å². The molecule has 336 valence electrons. The van der Waals surface area contributed by atoms with Gasteiger partial charge in [-0.05, 0) is 97.4 Å². The van der Waals surface area contributed by atoms with Crippen LogP contribution >= 0.6 is 7.75 Å². The van der Waals surface area contributed by atoms with Crippen molar-refractivity contribution in [3.8, 4) is 35.4 Å². The van der Waals surface area contributed by atoms with Crippen LogP contribution < -0.4 is 9.64 Å². The number of benzene rings is 2. The fourth-order valence-electron chi connectivity index (χ4n) is 9.23. The zero-order chi connectivity index (χ0) is 45.1. The molecule has 0 spiro atoms. The number of terminal acetylenes is 1. The number of alkyl halides is 1. The smallest absolute Gasteiger partial charge is 0.414 e. The van der Waals surface area contributed by atoms with Crippen LogP contribution in [0.2, 0.25) is 0 Å². The minimum absolute atomic E-state index is 0.0944. The second kappa shape index (κ2) is 16.9. The Bertz CT molecular complexity index is 2490. The lowest BCUT2D eigenvalue weighted by Crippen LogP contribution is -2.53. The molecule has 15 nitrogen and oxygen atoms in total. The second-order valence-electron chi connectivity index (χ2n) is 18.9. The Kier molecular flexibility index (Phi) is 11.9. The molecule has 1 N–H and O–H groups in total. The molecule has 2 aromatic carbocycles. The zero-order valence-corrected chi connectivity index (χ0v) is 37.3. The van der Waals surface area contributed by atoms with Gasteiger partial charge in [-0.2, -0.15) is 14.6 Å². The average molecular weight is 891 g/mol. The van der Waals surface area contributed by atoms with E-state index in [2.05, 4.69) is 20.8 Å². The Labute approximate surface area is 365 Å². The van der Waals surface area contributed by atoms with E-state index in [9.17, 15) is 23.7 Å². The summed E-state index contributed by atoms with van der Waals surface area (Å²) in [6.45, 7) is 10.3. The van der Waals surface area contributed by atoms with Crippen LogP contribution in [-0.2, 0) is 32.7 Å². The predicted octanol–water partition coefficient (Wildman–Crippen LogP) is 7.51. The highest BCUT2D eigenvalue weighted by Crippen LogP contribution is 2.59. The molecule has 18 heteroatoms. The highest BCUT2D eigenvalue weighted by atomic mass is 31.2. The monoisotopic (exact) mass is 890 g/mol. The van der Waals surface area contributed by atoms with E-state index in [-0.39, 0.29) is 53.6 Å². The van der Waals surface area contributed by atoms with Crippen molar-refractivity contribution in [3.05, 3.63) is 47.9 Å². The molecule has 4 aliphatic rings. The van der Waals surface area contributed by atoms with Crippen molar-refractivity contribution in [1.29, 1.82) is 0 Å². The van der Waals surface area contributed by atoms with Crippen molar-refractivity contribution in [2.45, 2.75) is 97.4 Å². The van der Waals surface area contributed by atoms with E-state index in [4.69, 9.17) is 34.7 Å². The summed E-state index contributed by atoms with van der Waals surface area (Å²) in [6, 6.07) is 7.12. The van der Waals surface area contributed by atoms with Gasteiger partial charge in [-0.15, -0.1) is 6.42 Å².